The predicted octanol–water partition coefficient (Wildman–Crippen LogP) is 0.858. The maximum atomic E-state index is 10.9. The standard InChI is InChI=1S/C10H17N3O2S2.HI/c1-17(14,15)8-6-13-10(11)12-5-4-9-3-2-7-16-9;/h2-3,7H,4-6,8H2,1H3,(H3,11,12,13);1H. The molecule has 0 amide bonds. The largest absolute Gasteiger partial charge is 0.370 e. The smallest absolute Gasteiger partial charge is 0.188 e. The van der Waals surface area contributed by atoms with E-state index in [4.69, 9.17) is 5.73 Å². The summed E-state index contributed by atoms with van der Waals surface area (Å²) in [4.78, 5) is 5.22. The summed E-state index contributed by atoms with van der Waals surface area (Å²) < 4.78 is 21.7. The summed E-state index contributed by atoms with van der Waals surface area (Å²) in [7, 11) is -2.96. The number of thiophene rings is 1. The van der Waals surface area contributed by atoms with Gasteiger partial charge in [-0.25, -0.2) is 8.42 Å². The second-order valence-corrected chi connectivity index (χ2v) is 6.94. The zero-order valence-electron chi connectivity index (χ0n) is 10.1. The lowest BCUT2D eigenvalue weighted by molar-refractivity contribution is 0.601. The van der Waals surface area contributed by atoms with Crippen molar-refractivity contribution in [2.75, 3.05) is 25.1 Å². The Kier molecular flexibility index (Phi) is 8.53. The highest BCUT2D eigenvalue weighted by molar-refractivity contribution is 14.0. The van der Waals surface area contributed by atoms with E-state index in [1.807, 2.05) is 11.4 Å². The summed E-state index contributed by atoms with van der Waals surface area (Å²) in [6.45, 7) is 0.908. The fourth-order valence-corrected chi connectivity index (χ4v) is 2.29. The van der Waals surface area contributed by atoms with Crippen LogP contribution in [-0.2, 0) is 16.3 Å². The number of hydrogen-bond acceptors (Lipinski definition) is 4. The topological polar surface area (TPSA) is 84.5 Å². The van der Waals surface area contributed by atoms with E-state index in [1.165, 1.54) is 11.1 Å². The number of nitrogens with one attached hydrogen (secondary N) is 1. The maximum Gasteiger partial charge on any atom is 0.188 e. The van der Waals surface area contributed by atoms with E-state index in [0.29, 0.717) is 12.5 Å². The molecule has 104 valence electrons. The summed E-state index contributed by atoms with van der Waals surface area (Å²) in [5.74, 6) is 0.325. The number of halogens is 1. The van der Waals surface area contributed by atoms with Gasteiger partial charge in [0.1, 0.15) is 9.84 Å². The summed E-state index contributed by atoms with van der Waals surface area (Å²) in [6, 6.07) is 4.06. The van der Waals surface area contributed by atoms with Crippen molar-refractivity contribution in [3.63, 3.8) is 0 Å². The Morgan fingerprint density at radius 2 is 2.28 bits per heavy atom. The highest BCUT2D eigenvalue weighted by atomic mass is 127. The number of nitrogens with zero attached hydrogens (tertiary/aromatic N) is 1. The van der Waals surface area contributed by atoms with Gasteiger partial charge in [-0.3, -0.25) is 4.99 Å². The van der Waals surface area contributed by atoms with Crippen molar-refractivity contribution in [1.29, 1.82) is 0 Å². The Balaban J connectivity index is 0.00000289. The highest BCUT2D eigenvalue weighted by Crippen LogP contribution is 2.07. The lowest BCUT2D eigenvalue weighted by Gasteiger charge is -2.04. The van der Waals surface area contributed by atoms with Crippen LogP contribution in [0.4, 0.5) is 0 Å². The first-order valence-corrected chi connectivity index (χ1v) is 8.15. The number of hydrogen-bond donors (Lipinski definition) is 2. The molecule has 0 bridgehead atoms. The number of sulfone groups is 1. The van der Waals surface area contributed by atoms with E-state index < -0.39 is 9.84 Å². The zero-order valence-corrected chi connectivity index (χ0v) is 14.1. The minimum Gasteiger partial charge on any atom is -0.370 e. The molecule has 3 N–H and O–H groups in total. The minimum atomic E-state index is -2.96. The van der Waals surface area contributed by atoms with E-state index in [1.54, 1.807) is 11.3 Å². The molecule has 1 aromatic heterocycles. The molecule has 0 unspecified atom stereocenters. The first-order valence-electron chi connectivity index (χ1n) is 5.21. The third-order valence-electron chi connectivity index (χ3n) is 2.00. The first kappa shape index (κ1) is 17.6. The van der Waals surface area contributed by atoms with Crippen molar-refractivity contribution in [2.24, 2.45) is 10.7 Å². The van der Waals surface area contributed by atoms with Crippen LogP contribution >= 0.6 is 35.3 Å². The number of rotatable bonds is 6. The summed E-state index contributed by atoms with van der Waals surface area (Å²) in [5.41, 5.74) is 5.59. The summed E-state index contributed by atoms with van der Waals surface area (Å²) >= 11 is 1.70. The average molecular weight is 403 g/mol. The quantitative estimate of drug-likeness (QED) is 0.419. The number of guanidine groups is 1. The van der Waals surface area contributed by atoms with E-state index in [2.05, 4.69) is 16.4 Å². The van der Waals surface area contributed by atoms with Crippen LogP contribution in [0.2, 0.25) is 0 Å². The van der Waals surface area contributed by atoms with Gasteiger partial charge in [-0.05, 0) is 17.9 Å². The van der Waals surface area contributed by atoms with Crippen molar-refractivity contribution in [2.45, 2.75) is 6.42 Å². The van der Waals surface area contributed by atoms with Gasteiger partial charge in [0.25, 0.3) is 0 Å². The average Bonchev–Trinajstić information content (AvgIpc) is 2.68. The molecule has 5 nitrogen and oxygen atoms in total. The molecule has 8 heteroatoms. The van der Waals surface area contributed by atoms with Crippen molar-refractivity contribution in [3.05, 3.63) is 22.4 Å². The predicted molar refractivity (Wildman–Crippen MR) is 87.6 cm³/mol. The van der Waals surface area contributed by atoms with Crippen LogP contribution in [0.25, 0.3) is 0 Å². The Bertz CT molecular complexity index is 457. The van der Waals surface area contributed by atoms with Crippen molar-refractivity contribution >= 4 is 51.1 Å². The molecule has 0 atom stereocenters. The molecule has 0 aliphatic heterocycles. The lowest BCUT2D eigenvalue weighted by atomic mass is 10.3. The van der Waals surface area contributed by atoms with Gasteiger partial charge in [0.05, 0.1) is 12.3 Å². The van der Waals surface area contributed by atoms with Crippen LogP contribution in [0.15, 0.2) is 22.5 Å². The molecule has 1 aromatic rings. The van der Waals surface area contributed by atoms with Crippen molar-refractivity contribution in [3.8, 4) is 0 Å². The molecule has 0 aliphatic carbocycles. The molecule has 0 saturated heterocycles. The van der Waals surface area contributed by atoms with Gasteiger partial charge in [-0.2, -0.15) is 0 Å². The Morgan fingerprint density at radius 1 is 1.56 bits per heavy atom. The maximum absolute atomic E-state index is 10.9. The SMILES string of the molecule is CS(=O)(=O)CCN=C(N)NCCc1cccs1.I. The molecule has 0 radical (unpaired) electrons. The van der Waals surface area contributed by atoms with E-state index >= 15 is 0 Å². The Morgan fingerprint density at radius 3 is 2.83 bits per heavy atom. The van der Waals surface area contributed by atoms with E-state index in [9.17, 15) is 8.42 Å². The Labute approximate surface area is 129 Å². The van der Waals surface area contributed by atoms with Crippen LogP contribution < -0.4 is 11.1 Å². The number of nitrogens with two attached hydrogens (primary N) is 1. The van der Waals surface area contributed by atoms with Crippen LogP contribution in [-0.4, -0.2) is 39.5 Å². The molecule has 0 saturated carbocycles. The van der Waals surface area contributed by atoms with Gasteiger partial charge in [0.15, 0.2) is 5.96 Å². The van der Waals surface area contributed by atoms with Gasteiger partial charge < -0.3 is 11.1 Å². The Hall–Kier alpha value is -0.350. The molecule has 0 spiro atoms. The van der Waals surface area contributed by atoms with Gasteiger partial charge >= 0.3 is 0 Å². The molecular weight excluding hydrogens is 385 g/mol. The van der Waals surface area contributed by atoms with Crippen molar-refractivity contribution < 1.29 is 8.42 Å². The van der Waals surface area contributed by atoms with Crippen LogP contribution in [0.3, 0.4) is 0 Å². The highest BCUT2D eigenvalue weighted by Gasteiger charge is 2.00. The fourth-order valence-electron chi connectivity index (χ4n) is 1.16. The fraction of sp³-hybridized carbons (Fsp3) is 0.500. The molecule has 0 aromatic carbocycles. The monoisotopic (exact) mass is 403 g/mol. The number of aliphatic imine (C=N–C) groups is 1. The van der Waals surface area contributed by atoms with Crippen LogP contribution in [0.5, 0.6) is 0 Å². The third kappa shape index (κ3) is 8.70. The molecule has 18 heavy (non-hydrogen) atoms. The van der Waals surface area contributed by atoms with E-state index in [-0.39, 0.29) is 36.3 Å². The van der Waals surface area contributed by atoms with Crippen LogP contribution in [0.1, 0.15) is 4.88 Å². The normalized spacial score (nSPS) is 11.9. The van der Waals surface area contributed by atoms with Gasteiger partial charge in [0, 0.05) is 17.7 Å². The molecule has 1 heterocycles. The third-order valence-corrected chi connectivity index (χ3v) is 3.86. The van der Waals surface area contributed by atoms with Gasteiger partial charge in [0.2, 0.25) is 0 Å². The lowest BCUT2D eigenvalue weighted by Crippen LogP contribution is -2.33. The summed E-state index contributed by atoms with van der Waals surface area (Å²) in [6.07, 6.45) is 2.07. The minimum absolute atomic E-state index is 0. The van der Waals surface area contributed by atoms with Gasteiger partial charge in [-0.15, -0.1) is 35.3 Å². The van der Waals surface area contributed by atoms with Crippen molar-refractivity contribution in [1.82, 2.24) is 5.32 Å². The molecular formula is C10H18IN3O2S2. The van der Waals surface area contributed by atoms with E-state index in [0.717, 1.165) is 6.42 Å². The first-order chi connectivity index (χ1) is 7.97. The summed E-state index contributed by atoms with van der Waals surface area (Å²) in [5, 5.41) is 4.97. The molecule has 0 fully saturated rings. The zero-order chi connectivity index (χ0) is 12.7. The molecule has 1 rings (SSSR count). The second-order valence-electron chi connectivity index (χ2n) is 3.65. The van der Waals surface area contributed by atoms with Crippen LogP contribution in [0, 0.1) is 0 Å². The van der Waals surface area contributed by atoms with Gasteiger partial charge in [-0.1, -0.05) is 6.07 Å². The second kappa shape index (κ2) is 8.70. The molecule has 0 aliphatic rings.